The Kier molecular flexibility index (Phi) is 8.31. The number of hydrogen-bond acceptors (Lipinski definition) is 5. The summed E-state index contributed by atoms with van der Waals surface area (Å²) in [5, 5.41) is 7.73. The molecule has 7 heteroatoms. The van der Waals surface area contributed by atoms with Gasteiger partial charge in [-0.05, 0) is 60.5 Å². The van der Waals surface area contributed by atoms with E-state index in [2.05, 4.69) is 15.8 Å². The molecule has 0 heterocycles. The molecule has 31 heavy (non-hydrogen) atoms. The van der Waals surface area contributed by atoms with Crippen LogP contribution in [-0.4, -0.2) is 25.3 Å². The molecule has 0 aliphatic heterocycles. The number of amides is 1. The number of para-hydroxylation sites is 1. The minimum absolute atomic E-state index is 0.128. The Labute approximate surface area is 186 Å². The summed E-state index contributed by atoms with van der Waals surface area (Å²) in [6.45, 7) is 2.93. The number of anilines is 1. The molecule has 3 aromatic rings. The van der Waals surface area contributed by atoms with Gasteiger partial charge in [0.1, 0.15) is 6.61 Å². The van der Waals surface area contributed by atoms with Crippen molar-refractivity contribution >= 4 is 29.4 Å². The van der Waals surface area contributed by atoms with E-state index in [9.17, 15) is 4.79 Å². The average Bonchev–Trinajstić information content (AvgIpc) is 2.79. The minimum atomic E-state index is -0.243. The molecule has 2 N–H and O–H groups in total. The van der Waals surface area contributed by atoms with Crippen molar-refractivity contribution in [2.24, 2.45) is 5.10 Å². The van der Waals surface area contributed by atoms with Gasteiger partial charge in [0, 0.05) is 10.7 Å². The predicted molar refractivity (Wildman–Crippen MR) is 124 cm³/mol. The number of nitrogens with one attached hydrogen (secondary N) is 2. The highest BCUT2D eigenvalue weighted by molar-refractivity contribution is 6.30. The number of halogens is 1. The fourth-order valence-electron chi connectivity index (χ4n) is 2.69. The highest BCUT2D eigenvalue weighted by Crippen LogP contribution is 2.29. The van der Waals surface area contributed by atoms with E-state index in [0.717, 1.165) is 16.8 Å². The van der Waals surface area contributed by atoms with Crippen molar-refractivity contribution < 1.29 is 14.3 Å². The van der Waals surface area contributed by atoms with Crippen molar-refractivity contribution in [3.05, 3.63) is 88.9 Å². The van der Waals surface area contributed by atoms with Crippen LogP contribution in [0.3, 0.4) is 0 Å². The van der Waals surface area contributed by atoms with Gasteiger partial charge >= 0.3 is 0 Å². The highest BCUT2D eigenvalue weighted by atomic mass is 35.5. The van der Waals surface area contributed by atoms with Crippen molar-refractivity contribution in [1.29, 1.82) is 0 Å². The molecule has 1 amide bonds. The van der Waals surface area contributed by atoms with Gasteiger partial charge in [0.05, 0.1) is 19.4 Å². The van der Waals surface area contributed by atoms with Gasteiger partial charge in [-0.15, -0.1) is 0 Å². The third-order valence-corrected chi connectivity index (χ3v) is 4.46. The van der Waals surface area contributed by atoms with Crippen LogP contribution in [0.25, 0.3) is 0 Å². The van der Waals surface area contributed by atoms with E-state index in [4.69, 9.17) is 21.1 Å². The number of ether oxygens (including phenoxy) is 2. The molecule has 0 spiro atoms. The first-order valence-corrected chi connectivity index (χ1v) is 10.3. The van der Waals surface area contributed by atoms with E-state index in [0.29, 0.717) is 29.7 Å². The van der Waals surface area contributed by atoms with Gasteiger partial charge in [0.15, 0.2) is 11.5 Å². The van der Waals surface area contributed by atoms with Gasteiger partial charge in [0.25, 0.3) is 5.91 Å². The van der Waals surface area contributed by atoms with E-state index < -0.39 is 0 Å². The smallest absolute Gasteiger partial charge is 0.259 e. The number of hydrazone groups is 1. The number of hydrogen-bond donors (Lipinski definition) is 2. The molecular formula is C24H24ClN3O3. The Hall–Kier alpha value is -3.51. The van der Waals surface area contributed by atoms with Crippen LogP contribution in [0.2, 0.25) is 5.02 Å². The van der Waals surface area contributed by atoms with Crippen molar-refractivity contribution in [3.63, 3.8) is 0 Å². The number of rotatable bonds is 10. The molecule has 0 saturated heterocycles. The summed E-state index contributed by atoms with van der Waals surface area (Å²) >= 11 is 5.92. The molecule has 0 unspecified atom stereocenters. The van der Waals surface area contributed by atoms with Crippen LogP contribution in [0.5, 0.6) is 11.5 Å². The first kappa shape index (κ1) is 22.2. The minimum Gasteiger partial charge on any atom is -0.490 e. The Balaban J connectivity index is 1.55. The molecule has 160 valence electrons. The van der Waals surface area contributed by atoms with Crippen LogP contribution in [-0.2, 0) is 11.4 Å². The van der Waals surface area contributed by atoms with Gasteiger partial charge in [-0.3, -0.25) is 4.79 Å². The summed E-state index contributed by atoms with van der Waals surface area (Å²) in [7, 11) is 0. The maximum absolute atomic E-state index is 11.9. The second-order valence-corrected chi connectivity index (χ2v) is 7.00. The summed E-state index contributed by atoms with van der Waals surface area (Å²) in [6, 6.07) is 22.5. The van der Waals surface area contributed by atoms with E-state index >= 15 is 0 Å². The van der Waals surface area contributed by atoms with Crippen molar-refractivity contribution in [3.8, 4) is 11.5 Å². The molecule has 0 saturated carbocycles. The quantitative estimate of drug-likeness (QED) is 0.350. The highest BCUT2D eigenvalue weighted by Gasteiger charge is 2.07. The summed E-state index contributed by atoms with van der Waals surface area (Å²) in [4.78, 5) is 11.9. The molecule has 0 radical (unpaired) electrons. The lowest BCUT2D eigenvalue weighted by atomic mass is 10.2. The number of carbonyl (C=O) groups is 1. The zero-order valence-corrected chi connectivity index (χ0v) is 17.9. The second-order valence-electron chi connectivity index (χ2n) is 6.57. The fraction of sp³-hybridized carbons (Fsp3) is 0.167. The second kappa shape index (κ2) is 11.6. The normalized spacial score (nSPS) is 10.6. The lowest BCUT2D eigenvalue weighted by Gasteiger charge is -2.12. The molecule has 6 nitrogen and oxygen atoms in total. The summed E-state index contributed by atoms with van der Waals surface area (Å²) in [5.41, 5.74) is 5.16. The Bertz CT molecular complexity index is 1010. The van der Waals surface area contributed by atoms with Gasteiger partial charge in [-0.25, -0.2) is 5.43 Å². The first-order chi connectivity index (χ1) is 15.1. The molecule has 0 fully saturated rings. The molecule has 0 aliphatic rings. The van der Waals surface area contributed by atoms with Crippen molar-refractivity contribution in [2.45, 2.75) is 13.5 Å². The summed E-state index contributed by atoms with van der Waals surface area (Å²) in [6.07, 6.45) is 1.56. The Morgan fingerprint density at radius 1 is 1.00 bits per heavy atom. The van der Waals surface area contributed by atoms with Gasteiger partial charge < -0.3 is 14.8 Å². The van der Waals surface area contributed by atoms with E-state index in [1.54, 1.807) is 6.21 Å². The topological polar surface area (TPSA) is 72.0 Å². The summed E-state index contributed by atoms with van der Waals surface area (Å²) < 4.78 is 11.6. The van der Waals surface area contributed by atoms with Crippen LogP contribution >= 0.6 is 11.6 Å². The largest absolute Gasteiger partial charge is 0.490 e. The predicted octanol–water partition coefficient (Wildman–Crippen LogP) is 4.88. The van der Waals surface area contributed by atoms with E-state index in [-0.39, 0.29) is 12.5 Å². The third-order valence-electron chi connectivity index (χ3n) is 4.20. The van der Waals surface area contributed by atoms with E-state index in [1.807, 2.05) is 79.7 Å². The van der Waals surface area contributed by atoms with Gasteiger partial charge in [-0.1, -0.05) is 41.9 Å². The maximum atomic E-state index is 11.9. The molecule has 0 aromatic heterocycles. The molecule has 0 atom stereocenters. The van der Waals surface area contributed by atoms with Crippen molar-refractivity contribution in [1.82, 2.24) is 5.43 Å². The monoisotopic (exact) mass is 437 g/mol. The van der Waals surface area contributed by atoms with E-state index in [1.165, 1.54) is 0 Å². The zero-order chi connectivity index (χ0) is 21.9. The lowest BCUT2D eigenvalue weighted by Crippen LogP contribution is -2.25. The third kappa shape index (κ3) is 7.35. The molecular weight excluding hydrogens is 414 g/mol. The standard InChI is InChI=1S/C24H24ClN3O3/c1-2-30-23-14-19(10-13-22(23)31-17-18-8-11-20(25)12-9-18)15-27-28-24(29)16-26-21-6-4-3-5-7-21/h3-15,26H,2,16-17H2,1H3,(H,28,29)/b27-15-. The molecule has 3 aromatic carbocycles. The maximum Gasteiger partial charge on any atom is 0.259 e. The van der Waals surface area contributed by atoms with Gasteiger partial charge in [-0.2, -0.15) is 5.10 Å². The van der Waals surface area contributed by atoms with Crippen molar-refractivity contribution in [2.75, 3.05) is 18.5 Å². The van der Waals surface area contributed by atoms with Crippen LogP contribution in [0.4, 0.5) is 5.69 Å². The molecule has 0 bridgehead atoms. The van der Waals surface area contributed by atoms with Crippen LogP contribution in [0.15, 0.2) is 77.9 Å². The number of carbonyl (C=O) groups excluding carboxylic acids is 1. The van der Waals surface area contributed by atoms with Crippen LogP contribution < -0.4 is 20.2 Å². The average molecular weight is 438 g/mol. The number of nitrogens with zero attached hydrogens (tertiary/aromatic N) is 1. The van der Waals surface area contributed by atoms with Crippen LogP contribution in [0, 0.1) is 0 Å². The first-order valence-electron chi connectivity index (χ1n) is 9.89. The molecule has 0 aliphatic carbocycles. The number of benzene rings is 3. The lowest BCUT2D eigenvalue weighted by molar-refractivity contribution is -0.119. The van der Waals surface area contributed by atoms with Gasteiger partial charge in [0.2, 0.25) is 0 Å². The summed E-state index contributed by atoms with van der Waals surface area (Å²) in [5.74, 6) is 0.996. The van der Waals surface area contributed by atoms with Crippen LogP contribution in [0.1, 0.15) is 18.1 Å². The zero-order valence-electron chi connectivity index (χ0n) is 17.2. The SMILES string of the molecule is CCOc1cc(/C=N\NC(=O)CNc2ccccc2)ccc1OCc1ccc(Cl)cc1. The fourth-order valence-corrected chi connectivity index (χ4v) is 2.82. The Morgan fingerprint density at radius 3 is 2.52 bits per heavy atom. The molecule has 3 rings (SSSR count). The Morgan fingerprint density at radius 2 is 1.77 bits per heavy atom.